The average Bonchev–Trinajstić information content (AvgIpc) is 4.12. The van der Waals surface area contributed by atoms with Gasteiger partial charge in [-0.05, 0) is 104 Å². The number of hydrogen-bond donors (Lipinski definition) is 2. The van der Waals surface area contributed by atoms with Crippen LogP contribution in [0.4, 0.5) is 0 Å². The predicted octanol–water partition coefficient (Wildman–Crippen LogP) is 8.75. The fraction of sp³-hybridized carbons (Fsp3) is 0.319. The SMILES string of the molecule is C/C=C\N(CC)C(=NCC)c1c2nc(c(-c3nccn3CC)c3ccc([nH]3)c(-c3n(CC)cc[n+]3CC)c3nc(c(-c4n(CC)cc[n+]4CC)c4ccc1[nH]4)C=C3)C=C2. The minimum absolute atomic E-state index is 0.612. The van der Waals surface area contributed by atoms with E-state index < -0.39 is 0 Å². The number of hydrogen-bond acceptors (Lipinski definition) is 4. The van der Waals surface area contributed by atoms with Gasteiger partial charge in [0, 0.05) is 38.2 Å². The summed E-state index contributed by atoms with van der Waals surface area (Å²) in [5.41, 5.74) is 11.1. The maximum atomic E-state index is 5.59. The zero-order valence-electron chi connectivity index (χ0n) is 35.7. The second kappa shape index (κ2) is 16.7. The van der Waals surface area contributed by atoms with E-state index in [4.69, 9.17) is 19.9 Å². The third-order valence-corrected chi connectivity index (χ3v) is 11.3. The van der Waals surface area contributed by atoms with E-state index >= 15 is 0 Å². The number of allylic oxidation sites excluding steroid dienone is 1. The molecule has 2 aliphatic rings. The number of aryl methyl sites for hydroxylation is 5. The lowest BCUT2D eigenvalue weighted by atomic mass is 10.1. The van der Waals surface area contributed by atoms with Crippen LogP contribution in [-0.2, 0) is 32.7 Å². The van der Waals surface area contributed by atoms with Crippen LogP contribution in [0.25, 0.3) is 80.5 Å². The molecule has 12 nitrogen and oxygen atoms in total. The van der Waals surface area contributed by atoms with Crippen LogP contribution < -0.4 is 9.13 Å². The molecule has 0 aliphatic carbocycles. The number of nitrogens with one attached hydrogen (secondary N) is 2. The van der Waals surface area contributed by atoms with Crippen LogP contribution in [-0.4, -0.2) is 62.4 Å². The van der Waals surface area contributed by atoms with Crippen molar-refractivity contribution in [1.82, 2.24) is 43.5 Å². The molecule has 0 saturated carbocycles. The Hall–Kier alpha value is -6.56. The molecule has 8 rings (SSSR count). The quantitative estimate of drug-likeness (QED) is 0.0734. The highest BCUT2D eigenvalue weighted by Gasteiger charge is 2.29. The Bertz CT molecular complexity index is 2770. The molecule has 2 aliphatic heterocycles. The van der Waals surface area contributed by atoms with E-state index in [0.29, 0.717) is 6.54 Å². The molecule has 0 aromatic carbocycles. The van der Waals surface area contributed by atoms with Crippen LogP contribution in [0.15, 0.2) is 78.7 Å². The van der Waals surface area contributed by atoms with Gasteiger partial charge in [0.25, 0.3) is 11.6 Å². The van der Waals surface area contributed by atoms with Crippen molar-refractivity contribution in [3.63, 3.8) is 0 Å². The summed E-state index contributed by atoms with van der Waals surface area (Å²) >= 11 is 0. The molecule has 0 spiro atoms. The van der Waals surface area contributed by atoms with Gasteiger partial charge in [0.15, 0.2) is 0 Å². The van der Waals surface area contributed by atoms with E-state index in [-0.39, 0.29) is 0 Å². The molecule has 8 bridgehead atoms. The number of nitrogens with zero attached hydrogens (tertiary/aromatic N) is 10. The van der Waals surface area contributed by atoms with Gasteiger partial charge in [-0.25, -0.2) is 33.2 Å². The van der Waals surface area contributed by atoms with Crippen molar-refractivity contribution in [2.75, 3.05) is 13.1 Å². The number of fused-ring (bicyclic) bond motifs is 8. The Morgan fingerprint density at radius 1 is 0.661 bits per heavy atom. The smallest absolute Gasteiger partial charge is 0.293 e. The zero-order chi connectivity index (χ0) is 41.2. The van der Waals surface area contributed by atoms with Gasteiger partial charge in [-0.15, -0.1) is 0 Å². The first-order chi connectivity index (χ1) is 28.9. The summed E-state index contributed by atoms with van der Waals surface area (Å²) in [5, 5.41) is 0. The van der Waals surface area contributed by atoms with Gasteiger partial charge in [0.05, 0.1) is 82.1 Å². The first-order valence-corrected chi connectivity index (χ1v) is 21.2. The number of aromatic nitrogens is 10. The molecule has 6 aromatic rings. The van der Waals surface area contributed by atoms with Crippen LogP contribution in [0, 0.1) is 0 Å². The number of aromatic amines is 2. The van der Waals surface area contributed by atoms with Crippen molar-refractivity contribution in [2.24, 2.45) is 4.99 Å². The largest absolute Gasteiger partial charge is 0.354 e. The molecule has 0 fully saturated rings. The van der Waals surface area contributed by atoms with Crippen LogP contribution in [0.1, 0.15) is 83.7 Å². The molecule has 0 atom stereocenters. The maximum Gasteiger partial charge on any atom is 0.293 e. The minimum atomic E-state index is 0.612. The Morgan fingerprint density at radius 2 is 1.17 bits per heavy atom. The minimum Gasteiger partial charge on any atom is -0.354 e. The number of rotatable bonds is 12. The highest BCUT2D eigenvalue weighted by atomic mass is 15.2. The third kappa shape index (κ3) is 6.85. The summed E-state index contributed by atoms with van der Waals surface area (Å²) in [5.74, 6) is 3.88. The van der Waals surface area contributed by atoms with Gasteiger partial charge < -0.3 is 19.4 Å². The van der Waals surface area contributed by atoms with Gasteiger partial charge in [0.2, 0.25) is 0 Å². The molecule has 8 heterocycles. The topological polar surface area (TPSA) is 108 Å². The average molecular weight is 789 g/mol. The van der Waals surface area contributed by atoms with Crippen molar-refractivity contribution < 1.29 is 9.13 Å². The number of H-pyrrole nitrogens is 2. The van der Waals surface area contributed by atoms with Crippen molar-refractivity contribution in [2.45, 2.75) is 88.1 Å². The summed E-state index contributed by atoms with van der Waals surface area (Å²) in [7, 11) is 0. The number of imidazole rings is 3. The molecule has 0 amide bonds. The third-order valence-electron chi connectivity index (χ3n) is 11.3. The predicted molar refractivity (Wildman–Crippen MR) is 240 cm³/mol. The summed E-state index contributed by atoms with van der Waals surface area (Å²) in [6.45, 7) is 22.6. The fourth-order valence-corrected chi connectivity index (χ4v) is 8.44. The highest BCUT2D eigenvalue weighted by Crippen LogP contribution is 2.36. The Morgan fingerprint density at radius 3 is 1.69 bits per heavy atom. The standard InChI is InChI=1S/C47H55N12/c1-9-26-54(11-3)44(48-10-2)40-32-17-18-34(50-32)41(45-49-25-27-55(45)12-4)35-20-22-37(52-35)43(47-58(15-7)30-31-59(47)16-8)39-24-23-38(53-39)42(36-21-19-33(40)51-36)46-56(13-5)28-29-57(46)14-6/h9,17-31H,10-16H2,1-8H3,(H,50,51,52,53)/q+1/p+1/b26-9-,40-32?,40-33?,41-34?,41-35?,42-36?,42-38?,43-37?,43-39?,48-44?. The number of aliphatic imine (C=N–C) groups is 1. The Labute approximate surface area is 346 Å². The molecule has 302 valence electrons. The van der Waals surface area contributed by atoms with Gasteiger partial charge in [-0.1, -0.05) is 6.08 Å². The summed E-state index contributed by atoms with van der Waals surface area (Å²) in [4.78, 5) is 31.2. The van der Waals surface area contributed by atoms with E-state index in [9.17, 15) is 0 Å². The Balaban J connectivity index is 1.62. The van der Waals surface area contributed by atoms with Crippen LogP contribution in [0.2, 0.25) is 0 Å². The molecule has 2 N–H and O–H groups in total. The fourth-order valence-electron chi connectivity index (χ4n) is 8.44. The normalized spacial score (nSPS) is 12.8. The van der Waals surface area contributed by atoms with Crippen LogP contribution >= 0.6 is 0 Å². The van der Waals surface area contributed by atoms with Crippen molar-refractivity contribution >= 4 is 52.2 Å². The van der Waals surface area contributed by atoms with E-state index in [0.717, 1.165) is 130 Å². The molecule has 0 radical (unpaired) electrons. The first kappa shape index (κ1) is 39.3. The molecule has 59 heavy (non-hydrogen) atoms. The molecule has 0 unspecified atom stereocenters. The molecular formula is C47H56N12+2. The first-order valence-electron chi connectivity index (χ1n) is 21.2. The van der Waals surface area contributed by atoms with Gasteiger partial charge >= 0.3 is 0 Å². The van der Waals surface area contributed by atoms with E-state index in [1.807, 2.05) is 19.3 Å². The lowest BCUT2D eigenvalue weighted by Crippen LogP contribution is -2.33. The summed E-state index contributed by atoms with van der Waals surface area (Å²) in [6.07, 6.45) is 25.3. The summed E-state index contributed by atoms with van der Waals surface area (Å²) in [6, 6.07) is 8.71. The van der Waals surface area contributed by atoms with Crippen LogP contribution in [0.3, 0.4) is 0 Å². The molecule has 6 aromatic heterocycles. The van der Waals surface area contributed by atoms with Crippen molar-refractivity contribution in [3.05, 3.63) is 102 Å². The van der Waals surface area contributed by atoms with Gasteiger partial charge in [0.1, 0.15) is 47.6 Å². The molecule has 12 heteroatoms. The number of amidine groups is 1. The summed E-state index contributed by atoms with van der Waals surface area (Å²) < 4.78 is 11.4. The Kier molecular flexibility index (Phi) is 11.1. The van der Waals surface area contributed by atoms with E-state index in [1.165, 1.54) is 0 Å². The highest BCUT2D eigenvalue weighted by molar-refractivity contribution is 6.09. The van der Waals surface area contributed by atoms with Crippen LogP contribution in [0.5, 0.6) is 0 Å². The van der Waals surface area contributed by atoms with Gasteiger partial charge in [-0.3, -0.25) is 4.99 Å². The monoisotopic (exact) mass is 788 g/mol. The lowest BCUT2D eigenvalue weighted by Gasteiger charge is -2.21. The second-order valence-corrected chi connectivity index (χ2v) is 14.5. The van der Waals surface area contributed by atoms with E-state index in [2.05, 4.69) is 172 Å². The van der Waals surface area contributed by atoms with Crippen molar-refractivity contribution in [3.8, 4) is 34.2 Å². The van der Waals surface area contributed by atoms with Gasteiger partial charge in [-0.2, -0.15) is 0 Å². The lowest BCUT2D eigenvalue weighted by molar-refractivity contribution is -0.682. The van der Waals surface area contributed by atoms with Crippen molar-refractivity contribution in [1.29, 1.82) is 0 Å². The maximum absolute atomic E-state index is 5.59. The zero-order valence-corrected chi connectivity index (χ0v) is 35.7. The van der Waals surface area contributed by atoms with E-state index in [1.54, 1.807) is 0 Å². The molecule has 0 saturated heterocycles. The second-order valence-electron chi connectivity index (χ2n) is 14.5. The molecular weight excluding hydrogens is 733 g/mol.